The topological polar surface area (TPSA) is 78.9 Å². The molecule has 0 bridgehead atoms. The van der Waals surface area contributed by atoms with Crippen molar-refractivity contribution in [3.63, 3.8) is 0 Å². The molecule has 0 saturated heterocycles. The first-order valence-corrected chi connectivity index (χ1v) is 25.0. The smallest absolute Gasteiger partial charge is 0.306 e. The Morgan fingerprint density at radius 1 is 0.344 bits per heavy atom. The van der Waals surface area contributed by atoms with E-state index in [0.29, 0.717) is 19.3 Å². The summed E-state index contributed by atoms with van der Waals surface area (Å²) in [6, 6.07) is 0. The third kappa shape index (κ3) is 48.3. The van der Waals surface area contributed by atoms with E-state index in [0.717, 1.165) is 83.5 Å². The highest BCUT2D eigenvalue weighted by atomic mass is 16.6. The van der Waals surface area contributed by atoms with Gasteiger partial charge in [-0.1, -0.05) is 231 Å². The van der Waals surface area contributed by atoms with Crippen molar-refractivity contribution in [2.24, 2.45) is 0 Å². The predicted molar refractivity (Wildman–Crippen MR) is 274 cm³/mol. The highest BCUT2D eigenvalue weighted by Gasteiger charge is 2.19. The highest BCUT2D eigenvalue weighted by Crippen LogP contribution is 2.11. The average molecular weight is 881 g/mol. The van der Waals surface area contributed by atoms with Crippen LogP contribution in [0, 0.1) is 0 Å². The fourth-order valence-electron chi connectivity index (χ4n) is 6.07. The SMILES string of the molecule is CC/C=C/C=C/C=C/C=C/C=C/CCCCCC(=O)OC(COC(=O)CC/C=C/C/C=C/CCCCCCCC)COC(=O)CCCCCCC/C=C/C=C/C=C/C=C/C=C/CCC. The van der Waals surface area contributed by atoms with Gasteiger partial charge in [-0.2, -0.15) is 0 Å². The van der Waals surface area contributed by atoms with Crippen LogP contribution in [0.5, 0.6) is 0 Å². The van der Waals surface area contributed by atoms with E-state index in [-0.39, 0.29) is 44.0 Å². The molecule has 0 aromatic heterocycles. The van der Waals surface area contributed by atoms with E-state index >= 15 is 0 Å². The molecular formula is C58H88O6. The Labute approximate surface area is 391 Å². The molecule has 0 aromatic rings. The average Bonchev–Trinajstić information content (AvgIpc) is 3.29. The van der Waals surface area contributed by atoms with Crippen LogP contribution in [0.4, 0.5) is 0 Å². The van der Waals surface area contributed by atoms with Gasteiger partial charge < -0.3 is 14.2 Å². The molecule has 0 aliphatic rings. The Bertz CT molecular complexity index is 1480. The van der Waals surface area contributed by atoms with E-state index in [1.807, 2.05) is 91.1 Å². The van der Waals surface area contributed by atoms with Gasteiger partial charge in [0, 0.05) is 19.3 Å². The predicted octanol–water partition coefficient (Wildman–Crippen LogP) is 16.5. The second-order valence-electron chi connectivity index (χ2n) is 15.9. The van der Waals surface area contributed by atoms with E-state index in [9.17, 15) is 14.4 Å². The van der Waals surface area contributed by atoms with Crippen LogP contribution < -0.4 is 0 Å². The summed E-state index contributed by atoms with van der Waals surface area (Å²) in [5.41, 5.74) is 0. The minimum Gasteiger partial charge on any atom is -0.462 e. The first-order chi connectivity index (χ1) is 31.5. The molecule has 1 unspecified atom stereocenters. The van der Waals surface area contributed by atoms with Gasteiger partial charge in [0.25, 0.3) is 0 Å². The Kier molecular flexibility index (Phi) is 47.2. The number of carbonyl (C=O) groups excluding carboxylic acids is 3. The molecule has 0 rings (SSSR count). The van der Waals surface area contributed by atoms with Crippen LogP contribution in [0.3, 0.4) is 0 Å². The Morgan fingerprint density at radius 3 is 1.25 bits per heavy atom. The monoisotopic (exact) mass is 881 g/mol. The number of hydrogen-bond donors (Lipinski definition) is 0. The summed E-state index contributed by atoms with van der Waals surface area (Å²) in [5.74, 6) is -1.08. The molecule has 0 N–H and O–H groups in total. The van der Waals surface area contributed by atoms with Gasteiger partial charge in [-0.3, -0.25) is 14.4 Å². The van der Waals surface area contributed by atoms with Gasteiger partial charge in [-0.15, -0.1) is 0 Å². The highest BCUT2D eigenvalue weighted by molar-refractivity contribution is 5.71. The van der Waals surface area contributed by atoms with Crippen molar-refractivity contribution in [2.45, 2.75) is 187 Å². The second-order valence-corrected chi connectivity index (χ2v) is 15.9. The summed E-state index contributed by atoms with van der Waals surface area (Å²) >= 11 is 0. The molecular weight excluding hydrogens is 793 g/mol. The van der Waals surface area contributed by atoms with Gasteiger partial charge in [0.05, 0.1) is 0 Å². The first kappa shape index (κ1) is 59.3. The molecule has 6 nitrogen and oxygen atoms in total. The molecule has 0 aliphatic carbocycles. The summed E-state index contributed by atoms with van der Waals surface area (Å²) in [6.45, 7) is 6.25. The molecule has 6 heteroatoms. The number of unbranched alkanes of at least 4 members (excludes halogenated alkanes) is 15. The lowest BCUT2D eigenvalue weighted by molar-refractivity contribution is -0.166. The number of carbonyl (C=O) groups is 3. The molecule has 0 heterocycles. The van der Waals surface area contributed by atoms with E-state index in [2.05, 4.69) is 75.5 Å². The summed E-state index contributed by atoms with van der Waals surface area (Å²) in [7, 11) is 0. The summed E-state index contributed by atoms with van der Waals surface area (Å²) in [4.78, 5) is 37.9. The van der Waals surface area contributed by atoms with E-state index in [1.54, 1.807) is 0 Å². The van der Waals surface area contributed by atoms with Gasteiger partial charge in [0.1, 0.15) is 13.2 Å². The zero-order valence-electron chi connectivity index (χ0n) is 40.5. The van der Waals surface area contributed by atoms with Crippen molar-refractivity contribution in [1.29, 1.82) is 0 Å². The third-order valence-corrected chi connectivity index (χ3v) is 9.80. The van der Waals surface area contributed by atoms with Crippen LogP contribution in [0.15, 0.2) is 146 Å². The van der Waals surface area contributed by atoms with E-state index < -0.39 is 6.10 Å². The van der Waals surface area contributed by atoms with E-state index in [1.165, 1.54) is 44.9 Å². The van der Waals surface area contributed by atoms with Crippen LogP contribution in [0.2, 0.25) is 0 Å². The summed E-state index contributed by atoms with van der Waals surface area (Å²) < 4.78 is 16.7. The van der Waals surface area contributed by atoms with Gasteiger partial charge in [0.2, 0.25) is 0 Å². The van der Waals surface area contributed by atoms with Crippen LogP contribution in [0.1, 0.15) is 181 Å². The van der Waals surface area contributed by atoms with Crippen LogP contribution in [-0.2, 0) is 28.6 Å². The maximum atomic E-state index is 12.8. The molecule has 0 aliphatic heterocycles. The molecule has 1 atom stereocenters. The molecule has 0 amide bonds. The van der Waals surface area contributed by atoms with Gasteiger partial charge in [-0.25, -0.2) is 0 Å². The maximum absolute atomic E-state index is 12.8. The van der Waals surface area contributed by atoms with Crippen molar-refractivity contribution < 1.29 is 28.6 Å². The molecule has 356 valence electrons. The largest absolute Gasteiger partial charge is 0.462 e. The van der Waals surface area contributed by atoms with Crippen molar-refractivity contribution >= 4 is 17.9 Å². The number of ether oxygens (including phenoxy) is 3. The number of hydrogen-bond acceptors (Lipinski definition) is 6. The molecule has 0 fully saturated rings. The summed E-state index contributed by atoms with van der Waals surface area (Å²) in [6.07, 6.45) is 72.6. The van der Waals surface area contributed by atoms with Gasteiger partial charge in [-0.05, 0) is 77.0 Å². The van der Waals surface area contributed by atoms with Crippen molar-refractivity contribution in [3.8, 4) is 0 Å². The van der Waals surface area contributed by atoms with Crippen LogP contribution in [0.25, 0.3) is 0 Å². The number of esters is 3. The Hall–Kier alpha value is -4.71. The maximum Gasteiger partial charge on any atom is 0.306 e. The van der Waals surface area contributed by atoms with E-state index in [4.69, 9.17) is 14.2 Å². The van der Waals surface area contributed by atoms with Crippen molar-refractivity contribution in [1.82, 2.24) is 0 Å². The van der Waals surface area contributed by atoms with Crippen molar-refractivity contribution in [3.05, 3.63) is 146 Å². The lowest BCUT2D eigenvalue weighted by Crippen LogP contribution is -2.30. The minimum atomic E-state index is -0.840. The fourth-order valence-corrected chi connectivity index (χ4v) is 6.07. The molecule has 64 heavy (non-hydrogen) atoms. The summed E-state index contributed by atoms with van der Waals surface area (Å²) in [5, 5.41) is 0. The number of rotatable bonds is 42. The molecule has 0 spiro atoms. The van der Waals surface area contributed by atoms with Crippen LogP contribution in [-0.4, -0.2) is 37.2 Å². The van der Waals surface area contributed by atoms with Crippen LogP contribution >= 0.6 is 0 Å². The fraction of sp³-hybridized carbons (Fsp3) is 0.534. The van der Waals surface area contributed by atoms with Gasteiger partial charge >= 0.3 is 17.9 Å². The Balaban J connectivity index is 4.62. The normalized spacial score (nSPS) is 13.4. The zero-order chi connectivity index (χ0) is 46.5. The minimum absolute atomic E-state index is 0.133. The molecule has 0 radical (unpaired) electrons. The standard InChI is InChI=1S/C58H88O6/c1-4-7-10-13-16-19-22-25-27-28-29-31-33-36-39-42-45-48-51-57(60)63-54-55(53-62-56(59)50-47-44-41-38-35-32-24-21-18-15-12-9-6-3)64-58(61)52-49-46-43-40-37-34-30-26-23-20-17-14-11-8-5-2/h8,10-11,13-14,16-17,19-20,22-23,25-32,34-35,37,41,44,55H,4-7,9,12,15,18,21,24,33,36,38-40,42-43,45-54H2,1-3H3/b11-8+,13-10+,17-14+,19-16+,23-20+,25-22+,28-27+,30-26+,31-29+,35-32+,37-34+,44-41+. The molecule has 0 saturated carbocycles. The third-order valence-electron chi connectivity index (χ3n) is 9.80. The lowest BCUT2D eigenvalue weighted by Gasteiger charge is -2.18. The van der Waals surface area contributed by atoms with Crippen molar-refractivity contribution in [2.75, 3.05) is 13.2 Å². The van der Waals surface area contributed by atoms with Gasteiger partial charge in [0.15, 0.2) is 6.10 Å². The first-order valence-electron chi connectivity index (χ1n) is 25.0. The number of allylic oxidation sites excluding steroid dienone is 24. The second kappa shape index (κ2) is 50.9. The molecule has 0 aromatic carbocycles. The lowest BCUT2D eigenvalue weighted by atomic mass is 10.1. The Morgan fingerprint density at radius 2 is 0.734 bits per heavy atom. The quantitative estimate of drug-likeness (QED) is 0.0200. The zero-order valence-corrected chi connectivity index (χ0v) is 40.5.